The largest absolute Gasteiger partial charge is 0.484 e. The molecule has 3 aromatic carbocycles. The first-order valence-electron chi connectivity index (χ1n) is 12.1. The molecular weight excluding hydrogens is 504 g/mol. The van der Waals surface area contributed by atoms with Gasteiger partial charge in [0.2, 0.25) is 10.0 Å². The Balaban J connectivity index is 1.48. The van der Waals surface area contributed by atoms with Crippen molar-refractivity contribution in [1.29, 1.82) is 0 Å². The van der Waals surface area contributed by atoms with Crippen LogP contribution in [0.5, 0.6) is 5.75 Å². The number of sulfonamides is 1. The maximum absolute atomic E-state index is 12.4. The fourth-order valence-electron chi connectivity index (χ4n) is 3.55. The predicted octanol–water partition coefficient (Wildman–Crippen LogP) is 3.42. The van der Waals surface area contributed by atoms with Crippen molar-refractivity contribution < 1.29 is 22.7 Å². The second-order valence-corrected chi connectivity index (χ2v) is 10.5. The molecule has 2 N–H and O–H groups in total. The number of rotatable bonds is 12. The molecule has 0 radical (unpaired) electrons. The molecule has 10 heteroatoms. The smallest absolute Gasteiger partial charge is 0.260 e. The lowest BCUT2D eigenvalue weighted by Crippen LogP contribution is -2.39. The summed E-state index contributed by atoms with van der Waals surface area (Å²) in [6, 6.07) is 23.3. The number of benzene rings is 3. The fourth-order valence-corrected chi connectivity index (χ4v) is 4.41. The lowest BCUT2D eigenvalue weighted by molar-refractivity contribution is -0.123. The maximum atomic E-state index is 12.4. The zero-order valence-electron chi connectivity index (χ0n) is 21.6. The summed E-state index contributed by atoms with van der Waals surface area (Å²) in [6.45, 7) is 3.38. The third-order valence-corrected chi connectivity index (χ3v) is 6.79. The molecule has 3 aromatic rings. The summed E-state index contributed by atoms with van der Waals surface area (Å²) >= 11 is 0. The molecular formula is C28H32N4O5S. The van der Waals surface area contributed by atoms with Crippen molar-refractivity contribution in [3.8, 4) is 5.75 Å². The average molecular weight is 537 g/mol. The van der Waals surface area contributed by atoms with Gasteiger partial charge in [-0.1, -0.05) is 49.4 Å². The van der Waals surface area contributed by atoms with Crippen LogP contribution in [0, 0.1) is 0 Å². The topological polar surface area (TPSA) is 117 Å². The van der Waals surface area contributed by atoms with E-state index in [4.69, 9.17) is 4.74 Å². The number of anilines is 1. The molecule has 0 spiro atoms. The average Bonchev–Trinajstić information content (AvgIpc) is 2.91. The van der Waals surface area contributed by atoms with Crippen LogP contribution in [0.2, 0.25) is 0 Å². The lowest BCUT2D eigenvalue weighted by Gasteiger charge is -2.21. The van der Waals surface area contributed by atoms with E-state index in [1.54, 1.807) is 36.4 Å². The molecule has 0 aliphatic rings. The van der Waals surface area contributed by atoms with E-state index in [1.165, 1.54) is 6.21 Å². The van der Waals surface area contributed by atoms with Crippen LogP contribution in [0.15, 0.2) is 84.0 Å². The summed E-state index contributed by atoms with van der Waals surface area (Å²) in [5.74, 6) is -0.312. The van der Waals surface area contributed by atoms with Gasteiger partial charge < -0.3 is 10.1 Å². The van der Waals surface area contributed by atoms with Crippen LogP contribution in [0.1, 0.15) is 36.6 Å². The Morgan fingerprint density at radius 3 is 2.24 bits per heavy atom. The molecule has 38 heavy (non-hydrogen) atoms. The van der Waals surface area contributed by atoms with Gasteiger partial charge in [0.05, 0.1) is 24.2 Å². The Kier molecular flexibility index (Phi) is 10.0. The molecule has 0 aliphatic heterocycles. The minimum atomic E-state index is -3.67. The number of hydrogen-bond donors (Lipinski definition) is 2. The summed E-state index contributed by atoms with van der Waals surface area (Å²) in [7, 11) is -3.67. The van der Waals surface area contributed by atoms with Gasteiger partial charge in [0.1, 0.15) is 12.3 Å². The maximum Gasteiger partial charge on any atom is 0.260 e. The quantitative estimate of drug-likeness (QED) is 0.272. The van der Waals surface area contributed by atoms with Crippen molar-refractivity contribution in [2.45, 2.75) is 26.3 Å². The fraction of sp³-hybridized carbons (Fsp3) is 0.250. The number of hydrazone groups is 1. The highest BCUT2D eigenvalue weighted by Crippen LogP contribution is 2.18. The highest BCUT2D eigenvalue weighted by molar-refractivity contribution is 7.92. The van der Waals surface area contributed by atoms with E-state index in [0.29, 0.717) is 17.0 Å². The third kappa shape index (κ3) is 8.74. The molecule has 200 valence electrons. The van der Waals surface area contributed by atoms with Crippen LogP contribution in [-0.4, -0.2) is 45.9 Å². The number of nitrogens with zero attached hydrogens (tertiary/aromatic N) is 2. The molecule has 9 nitrogen and oxygen atoms in total. The predicted molar refractivity (Wildman–Crippen MR) is 149 cm³/mol. The minimum absolute atomic E-state index is 0.126. The van der Waals surface area contributed by atoms with E-state index < -0.39 is 22.5 Å². The zero-order chi connectivity index (χ0) is 27.5. The Hall–Kier alpha value is -4.18. The van der Waals surface area contributed by atoms with Gasteiger partial charge in [0.15, 0.2) is 6.61 Å². The van der Waals surface area contributed by atoms with Gasteiger partial charge in [-0.05, 0) is 66.4 Å². The van der Waals surface area contributed by atoms with Gasteiger partial charge in [-0.2, -0.15) is 5.10 Å². The molecule has 0 saturated heterocycles. The van der Waals surface area contributed by atoms with E-state index >= 15 is 0 Å². The van der Waals surface area contributed by atoms with Crippen molar-refractivity contribution >= 4 is 33.7 Å². The molecule has 3 rings (SSSR count). The van der Waals surface area contributed by atoms with Crippen molar-refractivity contribution in [3.05, 3.63) is 95.6 Å². The van der Waals surface area contributed by atoms with Crippen LogP contribution >= 0.6 is 0 Å². The van der Waals surface area contributed by atoms with Crippen LogP contribution < -0.4 is 19.8 Å². The number of amides is 2. The normalized spacial score (nSPS) is 12.1. The Bertz CT molecular complexity index is 1340. The molecule has 0 bridgehead atoms. The van der Waals surface area contributed by atoms with Crippen LogP contribution in [-0.2, 0) is 26.0 Å². The first-order chi connectivity index (χ1) is 18.2. The zero-order valence-corrected chi connectivity index (χ0v) is 22.4. The molecule has 0 fully saturated rings. The van der Waals surface area contributed by atoms with Crippen LogP contribution in [0.4, 0.5) is 5.69 Å². The Morgan fingerprint density at radius 2 is 1.63 bits per heavy atom. The monoisotopic (exact) mass is 536 g/mol. The second kappa shape index (κ2) is 13.4. The van der Waals surface area contributed by atoms with Crippen molar-refractivity contribution in [2.24, 2.45) is 5.10 Å². The molecule has 0 aliphatic carbocycles. The van der Waals surface area contributed by atoms with Crippen LogP contribution in [0.25, 0.3) is 0 Å². The number of carbonyl (C=O) groups excluding carboxylic acids is 2. The highest BCUT2D eigenvalue weighted by atomic mass is 32.2. The number of hydrogen-bond acceptors (Lipinski definition) is 6. The number of aryl methyl sites for hydroxylation is 1. The molecule has 0 aromatic heterocycles. The third-order valence-electron chi connectivity index (χ3n) is 5.65. The summed E-state index contributed by atoms with van der Waals surface area (Å²) < 4.78 is 31.0. The molecule has 0 unspecified atom stereocenters. The Morgan fingerprint density at radius 1 is 0.974 bits per heavy atom. The Labute approximate surface area is 223 Å². The van der Waals surface area contributed by atoms with Gasteiger partial charge in [-0.3, -0.25) is 13.9 Å². The van der Waals surface area contributed by atoms with Crippen molar-refractivity contribution in [1.82, 2.24) is 10.7 Å². The van der Waals surface area contributed by atoms with E-state index in [1.807, 2.05) is 56.3 Å². The first kappa shape index (κ1) is 28.4. The lowest BCUT2D eigenvalue weighted by atomic mass is 10.1. The molecule has 0 saturated carbocycles. The second-order valence-electron chi connectivity index (χ2n) is 8.64. The van der Waals surface area contributed by atoms with E-state index in [9.17, 15) is 18.0 Å². The molecule has 0 heterocycles. The summed E-state index contributed by atoms with van der Waals surface area (Å²) in [5.41, 5.74) is 5.50. The number of ether oxygens (including phenoxy) is 1. The van der Waals surface area contributed by atoms with Crippen molar-refractivity contribution in [3.63, 3.8) is 0 Å². The van der Waals surface area contributed by atoms with E-state index in [2.05, 4.69) is 15.8 Å². The van der Waals surface area contributed by atoms with E-state index in [-0.39, 0.29) is 18.6 Å². The number of nitrogens with one attached hydrogen (secondary N) is 2. The standard InChI is InChI=1S/C28H32N4O5S/c1-4-22-10-14-25(15-11-22)32(38(3,35)36)19-27(33)31-29-18-23-12-16-26(17-13-23)37-20-28(34)30-21(2)24-8-6-5-7-9-24/h5-18,21H,4,19-20H2,1-3H3,(H,30,34)(H,31,33)/b29-18-/t21-/m1/s1. The van der Waals surface area contributed by atoms with Gasteiger partial charge >= 0.3 is 0 Å². The van der Waals surface area contributed by atoms with Gasteiger partial charge in [-0.15, -0.1) is 0 Å². The van der Waals surface area contributed by atoms with Gasteiger partial charge in [0.25, 0.3) is 11.8 Å². The van der Waals surface area contributed by atoms with Gasteiger partial charge in [-0.25, -0.2) is 13.8 Å². The highest BCUT2D eigenvalue weighted by Gasteiger charge is 2.20. The summed E-state index contributed by atoms with van der Waals surface area (Å²) in [5, 5.41) is 6.80. The SMILES string of the molecule is CCc1ccc(N(CC(=O)N/N=C\c2ccc(OCC(=O)N[C@H](C)c3ccccc3)cc2)S(C)(=O)=O)cc1. The van der Waals surface area contributed by atoms with E-state index in [0.717, 1.165) is 28.1 Å². The minimum Gasteiger partial charge on any atom is -0.484 e. The van der Waals surface area contributed by atoms with Crippen LogP contribution in [0.3, 0.4) is 0 Å². The summed E-state index contributed by atoms with van der Waals surface area (Å²) in [6.07, 6.45) is 3.30. The first-order valence-corrected chi connectivity index (χ1v) is 14.0. The van der Waals surface area contributed by atoms with Crippen molar-refractivity contribution in [2.75, 3.05) is 23.7 Å². The van der Waals surface area contributed by atoms with Gasteiger partial charge in [0, 0.05) is 0 Å². The molecule has 2 amide bonds. The molecule has 1 atom stereocenters. The summed E-state index contributed by atoms with van der Waals surface area (Å²) in [4.78, 5) is 24.6. The number of carbonyl (C=O) groups is 2.